The standard InChI is InChI=1S/C36H41FN4O6/c1-23-29(28-8-7-25(37)20-30(28)31(23)22-38-34(42)21-27-9-12-39-47-27)17-24-18-32(44-2)35(33(19-24)45-3)46-36(43)41-15-10-26(11-16-41)40-13-5-4-6-14-40/h7-9,12,17-20,26H,4-6,10-11,13-16,21-22H2,1-3H3,(H,38,42)/b29-17-. The number of rotatable bonds is 9. The first-order chi connectivity index (χ1) is 22.8. The Kier molecular flexibility index (Phi) is 9.91. The van der Waals surface area contributed by atoms with Gasteiger partial charge in [-0.2, -0.15) is 0 Å². The molecular formula is C36H41FN4O6. The van der Waals surface area contributed by atoms with E-state index in [-0.39, 0.29) is 30.4 Å². The Balaban J connectivity index is 1.20. The molecule has 1 N–H and O–H groups in total. The van der Waals surface area contributed by atoms with Crippen LogP contribution in [0.5, 0.6) is 17.2 Å². The molecular weight excluding hydrogens is 603 g/mol. The lowest BCUT2D eigenvalue weighted by molar-refractivity contribution is -0.120. The number of methoxy groups -OCH3 is 2. The van der Waals surface area contributed by atoms with E-state index in [1.165, 1.54) is 51.8 Å². The van der Waals surface area contributed by atoms with Crippen LogP contribution in [0.2, 0.25) is 0 Å². The second kappa shape index (κ2) is 14.4. The first-order valence-corrected chi connectivity index (χ1v) is 16.2. The van der Waals surface area contributed by atoms with Gasteiger partial charge in [-0.05, 0) is 109 Å². The maximum absolute atomic E-state index is 14.4. The molecule has 2 amide bonds. The number of nitrogens with one attached hydrogen (secondary N) is 1. The summed E-state index contributed by atoms with van der Waals surface area (Å²) in [5.41, 5.74) is 4.86. The summed E-state index contributed by atoms with van der Waals surface area (Å²) in [6, 6.07) is 10.4. The van der Waals surface area contributed by atoms with E-state index in [1.54, 1.807) is 29.2 Å². The van der Waals surface area contributed by atoms with E-state index in [0.717, 1.165) is 53.8 Å². The van der Waals surface area contributed by atoms with Crippen LogP contribution in [-0.2, 0) is 11.2 Å². The second-order valence-corrected chi connectivity index (χ2v) is 12.2. The minimum absolute atomic E-state index is 0.0540. The number of benzene rings is 2. The van der Waals surface area contributed by atoms with Crippen molar-refractivity contribution in [2.45, 2.75) is 51.5 Å². The fourth-order valence-electron chi connectivity index (χ4n) is 6.82. The largest absolute Gasteiger partial charge is 0.493 e. The SMILES string of the molecule is COc1cc(/C=C2/C(C)=C(CNC(=O)Cc3ccno3)c3cc(F)ccc32)cc(OC)c1OC(=O)N1CCC(N2CCCCC2)CC1. The van der Waals surface area contributed by atoms with Crippen molar-refractivity contribution in [1.29, 1.82) is 0 Å². The average Bonchev–Trinajstić information content (AvgIpc) is 3.69. The van der Waals surface area contributed by atoms with Crippen molar-refractivity contribution in [2.75, 3.05) is 46.9 Å². The summed E-state index contributed by atoms with van der Waals surface area (Å²) in [4.78, 5) is 30.2. The minimum Gasteiger partial charge on any atom is -0.493 e. The molecule has 2 aromatic carbocycles. The number of amides is 2. The summed E-state index contributed by atoms with van der Waals surface area (Å²) in [5.74, 6) is 0.785. The lowest BCUT2D eigenvalue weighted by Crippen LogP contribution is -2.48. The van der Waals surface area contributed by atoms with Crippen molar-refractivity contribution in [2.24, 2.45) is 0 Å². The topological polar surface area (TPSA) is 106 Å². The predicted octanol–water partition coefficient (Wildman–Crippen LogP) is 5.97. The van der Waals surface area contributed by atoms with Gasteiger partial charge in [0.2, 0.25) is 11.7 Å². The Morgan fingerprint density at radius 3 is 2.38 bits per heavy atom. The third-order valence-electron chi connectivity index (χ3n) is 9.35. The highest BCUT2D eigenvalue weighted by Gasteiger charge is 2.30. The van der Waals surface area contributed by atoms with Gasteiger partial charge in [0.1, 0.15) is 11.6 Å². The quantitative estimate of drug-likeness (QED) is 0.304. The summed E-state index contributed by atoms with van der Waals surface area (Å²) in [6.45, 7) is 5.73. The molecule has 0 unspecified atom stereocenters. The van der Waals surface area contributed by atoms with Gasteiger partial charge in [-0.3, -0.25) is 4.79 Å². The highest BCUT2D eigenvalue weighted by Crippen LogP contribution is 2.44. The van der Waals surface area contributed by atoms with Crippen molar-refractivity contribution in [1.82, 2.24) is 20.3 Å². The molecule has 10 nitrogen and oxygen atoms in total. The van der Waals surface area contributed by atoms with Crippen molar-refractivity contribution < 1.29 is 32.7 Å². The molecule has 248 valence electrons. The van der Waals surface area contributed by atoms with Gasteiger partial charge in [0, 0.05) is 31.7 Å². The van der Waals surface area contributed by atoms with Crippen molar-refractivity contribution >= 4 is 29.2 Å². The summed E-state index contributed by atoms with van der Waals surface area (Å²) in [5, 5.41) is 6.55. The van der Waals surface area contributed by atoms with E-state index in [0.29, 0.717) is 42.0 Å². The van der Waals surface area contributed by atoms with E-state index >= 15 is 0 Å². The number of ether oxygens (including phenoxy) is 3. The van der Waals surface area contributed by atoms with Crippen molar-refractivity contribution in [3.8, 4) is 17.2 Å². The fourth-order valence-corrected chi connectivity index (χ4v) is 6.82. The van der Waals surface area contributed by atoms with Crippen LogP contribution in [0.25, 0.3) is 17.2 Å². The normalized spacial score (nSPS) is 18.0. The first kappa shape index (κ1) is 32.3. The number of carbonyl (C=O) groups excluding carboxylic acids is 2. The number of aromatic nitrogens is 1. The molecule has 0 atom stereocenters. The molecule has 3 aliphatic rings. The second-order valence-electron chi connectivity index (χ2n) is 12.2. The van der Waals surface area contributed by atoms with E-state index in [9.17, 15) is 14.0 Å². The molecule has 2 saturated heterocycles. The number of nitrogens with zero attached hydrogens (tertiary/aromatic N) is 3. The minimum atomic E-state index is -0.426. The number of carbonyl (C=O) groups is 2. The summed E-state index contributed by atoms with van der Waals surface area (Å²) >= 11 is 0. The fraction of sp³-hybridized carbons (Fsp3) is 0.417. The summed E-state index contributed by atoms with van der Waals surface area (Å²) in [7, 11) is 3.04. The third-order valence-corrected chi connectivity index (χ3v) is 9.35. The lowest BCUT2D eigenvalue weighted by atomic mass is 10.00. The molecule has 1 aromatic heterocycles. The van der Waals surface area contributed by atoms with Gasteiger partial charge in [0.15, 0.2) is 11.5 Å². The van der Waals surface area contributed by atoms with E-state index in [2.05, 4.69) is 15.4 Å². The number of piperidine rings is 2. The molecule has 11 heteroatoms. The summed E-state index contributed by atoms with van der Waals surface area (Å²) in [6.07, 6.45) is 8.74. The van der Waals surface area contributed by atoms with E-state index < -0.39 is 6.09 Å². The number of likely N-dealkylation sites (tertiary alicyclic amines) is 2. The molecule has 6 rings (SSSR count). The Hall–Kier alpha value is -4.64. The maximum atomic E-state index is 14.4. The molecule has 1 aliphatic carbocycles. The molecule has 0 radical (unpaired) electrons. The zero-order chi connectivity index (χ0) is 32.9. The Morgan fingerprint density at radius 1 is 1.00 bits per heavy atom. The van der Waals surface area contributed by atoms with E-state index in [4.69, 9.17) is 18.7 Å². The molecule has 3 aromatic rings. The van der Waals surface area contributed by atoms with Gasteiger partial charge in [-0.15, -0.1) is 0 Å². The molecule has 2 aliphatic heterocycles. The molecule has 0 spiro atoms. The monoisotopic (exact) mass is 644 g/mol. The smallest absolute Gasteiger partial charge is 0.415 e. The number of hydrogen-bond donors (Lipinski definition) is 1. The third kappa shape index (κ3) is 7.20. The Bertz CT molecular complexity index is 1650. The van der Waals surface area contributed by atoms with Crippen molar-refractivity contribution in [3.63, 3.8) is 0 Å². The van der Waals surface area contributed by atoms with Gasteiger partial charge >= 0.3 is 6.09 Å². The Morgan fingerprint density at radius 2 is 1.72 bits per heavy atom. The summed E-state index contributed by atoms with van der Waals surface area (Å²) < 4.78 is 36.7. The van der Waals surface area contributed by atoms with Gasteiger partial charge in [-0.1, -0.05) is 17.6 Å². The number of allylic oxidation sites excluding steroid dienone is 2. The molecule has 0 bridgehead atoms. The first-order valence-electron chi connectivity index (χ1n) is 16.2. The van der Waals surface area contributed by atoms with Crippen LogP contribution < -0.4 is 19.5 Å². The zero-order valence-corrected chi connectivity index (χ0v) is 27.1. The van der Waals surface area contributed by atoms with E-state index in [1.807, 2.05) is 13.0 Å². The average molecular weight is 645 g/mol. The van der Waals surface area contributed by atoms with Crippen LogP contribution in [0.3, 0.4) is 0 Å². The maximum Gasteiger partial charge on any atom is 0.415 e. The van der Waals surface area contributed by atoms with Gasteiger partial charge < -0.3 is 33.9 Å². The molecule has 3 heterocycles. The lowest BCUT2D eigenvalue weighted by Gasteiger charge is -2.39. The van der Waals surface area contributed by atoms with Gasteiger partial charge in [-0.25, -0.2) is 9.18 Å². The predicted molar refractivity (Wildman–Crippen MR) is 176 cm³/mol. The zero-order valence-electron chi connectivity index (χ0n) is 27.1. The van der Waals surface area contributed by atoms with Gasteiger partial charge in [0.05, 0.1) is 26.8 Å². The van der Waals surface area contributed by atoms with Crippen LogP contribution in [0.15, 0.2) is 52.7 Å². The highest BCUT2D eigenvalue weighted by molar-refractivity contribution is 6.06. The Labute approximate surface area is 274 Å². The number of halogens is 1. The van der Waals surface area contributed by atoms with Crippen LogP contribution in [0.1, 0.15) is 61.5 Å². The number of hydrogen-bond acceptors (Lipinski definition) is 8. The van der Waals surface area contributed by atoms with Gasteiger partial charge in [0.25, 0.3) is 0 Å². The van der Waals surface area contributed by atoms with Crippen LogP contribution in [-0.4, -0.2) is 79.9 Å². The van der Waals surface area contributed by atoms with Crippen LogP contribution in [0.4, 0.5) is 9.18 Å². The van der Waals surface area contributed by atoms with Crippen molar-refractivity contribution in [3.05, 3.63) is 76.4 Å². The highest BCUT2D eigenvalue weighted by atomic mass is 19.1. The molecule has 2 fully saturated rings. The molecule has 47 heavy (non-hydrogen) atoms. The molecule has 0 saturated carbocycles. The van der Waals surface area contributed by atoms with Crippen LogP contribution >= 0.6 is 0 Å². The van der Waals surface area contributed by atoms with Crippen LogP contribution in [0, 0.1) is 5.82 Å². The number of fused-ring (bicyclic) bond motifs is 1.